The van der Waals surface area contributed by atoms with E-state index in [2.05, 4.69) is 140 Å². The van der Waals surface area contributed by atoms with E-state index in [-0.39, 0.29) is 5.41 Å². The molecule has 0 unspecified atom stereocenters. The molecule has 0 atom stereocenters. The lowest BCUT2D eigenvalue weighted by Gasteiger charge is -2.22. The molecule has 0 saturated carbocycles. The maximum atomic E-state index is 3.84. The Kier molecular flexibility index (Phi) is 4.56. The van der Waals surface area contributed by atoms with Gasteiger partial charge >= 0.3 is 0 Å². The lowest BCUT2D eigenvalue weighted by molar-refractivity contribution is 0.661. The maximum absolute atomic E-state index is 3.84. The van der Waals surface area contributed by atoms with Crippen molar-refractivity contribution in [2.24, 2.45) is 0 Å². The summed E-state index contributed by atoms with van der Waals surface area (Å²) in [6.45, 7) is 4.69. The standard InChI is InChI=1S/C35H27N/c1-35(2)32-18-9-8-17-29(32)31-22-30-26(21-33(31)35)19-25-13-6-7-16-28(25)34(30)36-27-15-10-14-24(20-27)23-11-4-3-5-12-23/h3-22,36H,1-2H3. The van der Waals surface area contributed by atoms with Gasteiger partial charge in [-0.3, -0.25) is 0 Å². The van der Waals surface area contributed by atoms with Crippen molar-refractivity contribution in [1.29, 1.82) is 0 Å². The van der Waals surface area contributed by atoms with E-state index in [9.17, 15) is 0 Å². The molecule has 0 bridgehead atoms. The Morgan fingerprint density at radius 3 is 2.14 bits per heavy atom. The van der Waals surface area contributed by atoms with E-state index in [1.54, 1.807) is 0 Å². The molecule has 0 radical (unpaired) electrons. The first-order valence-corrected chi connectivity index (χ1v) is 12.6. The molecule has 36 heavy (non-hydrogen) atoms. The highest BCUT2D eigenvalue weighted by Crippen LogP contribution is 2.51. The first kappa shape index (κ1) is 21.0. The van der Waals surface area contributed by atoms with Gasteiger partial charge in [-0.25, -0.2) is 0 Å². The Labute approximate surface area is 212 Å². The lowest BCUT2D eigenvalue weighted by atomic mass is 9.81. The molecular weight excluding hydrogens is 434 g/mol. The van der Waals surface area contributed by atoms with Crippen LogP contribution < -0.4 is 5.32 Å². The molecule has 0 saturated heterocycles. The molecule has 6 aromatic rings. The molecule has 172 valence electrons. The average molecular weight is 462 g/mol. The Morgan fingerprint density at radius 1 is 0.500 bits per heavy atom. The zero-order valence-corrected chi connectivity index (χ0v) is 20.5. The summed E-state index contributed by atoms with van der Waals surface area (Å²) in [6, 6.07) is 44.0. The highest BCUT2D eigenvalue weighted by atomic mass is 14.9. The van der Waals surface area contributed by atoms with Crippen molar-refractivity contribution in [1.82, 2.24) is 0 Å². The fraction of sp³-hybridized carbons (Fsp3) is 0.0857. The summed E-state index contributed by atoms with van der Waals surface area (Å²) in [6.07, 6.45) is 0. The highest BCUT2D eigenvalue weighted by Gasteiger charge is 2.35. The maximum Gasteiger partial charge on any atom is 0.0543 e. The van der Waals surface area contributed by atoms with Crippen LogP contribution in [0.1, 0.15) is 25.0 Å². The van der Waals surface area contributed by atoms with E-state index in [1.165, 1.54) is 60.6 Å². The molecular formula is C35H27N. The van der Waals surface area contributed by atoms with Crippen molar-refractivity contribution in [3.05, 3.63) is 132 Å². The first-order valence-electron chi connectivity index (χ1n) is 12.6. The summed E-state index contributed by atoms with van der Waals surface area (Å²) in [5.41, 5.74) is 10.2. The summed E-state index contributed by atoms with van der Waals surface area (Å²) in [5.74, 6) is 0. The Balaban J connectivity index is 1.46. The van der Waals surface area contributed by atoms with Crippen molar-refractivity contribution < 1.29 is 0 Å². The molecule has 1 heteroatoms. The lowest BCUT2D eigenvalue weighted by Crippen LogP contribution is -2.14. The normalized spacial score (nSPS) is 13.5. The van der Waals surface area contributed by atoms with Crippen molar-refractivity contribution in [3.8, 4) is 22.3 Å². The van der Waals surface area contributed by atoms with Crippen LogP contribution in [-0.2, 0) is 5.41 Å². The molecule has 1 nitrogen and oxygen atoms in total. The minimum absolute atomic E-state index is 0.0105. The van der Waals surface area contributed by atoms with Gasteiger partial charge in [0.1, 0.15) is 0 Å². The quantitative estimate of drug-likeness (QED) is 0.259. The zero-order chi connectivity index (χ0) is 24.3. The molecule has 7 rings (SSSR count). The number of hydrogen-bond donors (Lipinski definition) is 1. The van der Waals surface area contributed by atoms with Crippen LogP contribution >= 0.6 is 0 Å². The molecule has 0 fully saturated rings. The van der Waals surface area contributed by atoms with Crippen LogP contribution in [0, 0.1) is 0 Å². The predicted octanol–water partition coefficient (Wildman–Crippen LogP) is 9.71. The molecule has 0 amide bonds. The van der Waals surface area contributed by atoms with Gasteiger partial charge in [0, 0.05) is 21.9 Å². The number of nitrogens with one attached hydrogen (secondary N) is 1. The monoisotopic (exact) mass is 461 g/mol. The van der Waals surface area contributed by atoms with Crippen LogP contribution in [0.5, 0.6) is 0 Å². The SMILES string of the molecule is CC1(C)c2ccccc2-c2cc3c(Nc4cccc(-c5ccccc5)c4)c4ccccc4cc3cc21. The second kappa shape index (κ2) is 7.83. The fourth-order valence-corrected chi connectivity index (χ4v) is 5.95. The largest absolute Gasteiger partial charge is 0.354 e. The molecule has 1 aliphatic rings. The van der Waals surface area contributed by atoms with Crippen molar-refractivity contribution in [2.45, 2.75) is 19.3 Å². The third-order valence-corrected chi connectivity index (χ3v) is 7.80. The van der Waals surface area contributed by atoms with Gasteiger partial charge in [0.05, 0.1) is 5.69 Å². The van der Waals surface area contributed by atoms with E-state index < -0.39 is 0 Å². The second-order valence-corrected chi connectivity index (χ2v) is 10.3. The van der Waals surface area contributed by atoms with Gasteiger partial charge < -0.3 is 5.32 Å². The van der Waals surface area contributed by atoms with E-state index in [1.807, 2.05) is 0 Å². The summed E-state index contributed by atoms with van der Waals surface area (Å²) < 4.78 is 0. The van der Waals surface area contributed by atoms with Gasteiger partial charge in [0.25, 0.3) is 0 Å². The molecule has 0 aromatic heterocycles. The van der Waals surface area contributed by atoms with Crippen molar-refractivity contribution in [3.63, 3.8) is 0 Å². The topological polar surface area (TPSA) is 12.0 Å². The number of anilines is 2. The zero-order valence-electron chi connectivity index (χ0n) is 20.5. The summed E-state index contributed by atoms with van der Waals surface area (Å²) in [4.78, 5) is 0. The van der Waals surface area contributed by atoms with Gasteiger partial charge in [-0.2, -0.15) is 0 Å². The van der Waals surface area contributed by atoms with Gasteiger partial charge in [0.15, 0.2) is 0 Å². The van der Waals surface area contributed by atoms with Crippen molar-refractivity contribution >= 4 is 32.9 Å². The Morgan fingerprint density at radius 2 is 1.25 bits per heavy atom. The molecule has 0 spiro atoms. The molecule has 0 heterocycles. The molecule has 6 aromatic carbocycles. The van der Waals surface area contributed by atoms with E-state index in [4.69, 9.17) is 0 Å². The molecule has 1 N–H and O–H groups in total. The van der Waals surface area contributed by atoms with Crippen LogP contribution in [0.25, 0.3) is 43.8 Å². The van der Waals surface area contributed by atoms with E-state index >= 15 is 0 Å². The predicted molar refractivity (Wildman–Crippen MR) is 154 cm³/mol. The van der Waals surface area contributed by atoms with Crippen molar-refractivity contribution in [2.75, 3.05) is 5.32 Å². The third-order valence-electron chi connectivity index (χ3n) is 7.80. The Hall–Kier alpha value is -4.36. The van der Waals surface area contributed by atoms with Gasteiger partial charge in [-0.1, -0.05) is 105 Å². The van der Waals surface area contributed by atoms with Gasteiger partial charge in [-0.05, 0) is 74.5 Å². The fourth-order valence-electron chi connectivity index (χ4n) is 5.95. The van der Waals surface area contributed by atoms with Crippen LogP contribution in [0.15, 0.2) is 121 Å². The second-order valence-electron chi connectivity index (χ2n) is 10.3. The van der Waals surface area contributed by atoms with Crippen LogP contribution in [-0.4, -0.2) is 0 Å². The minimum Gasteiger partial charge on any atom is -0.354 e. The first-order chi connectivity index (χ1) is 17.6. The summed E-state index contributed by atoms with van der Waals surface area (Å²) in [7, 11) is 0. The third kappa shape index (κ3) is 3.17. The number of benzene rings is 6. The highest BCUT2D eigenvalue weighted by molar-refractivity contribution is 6.13. The number of hydrogen-bond acceptors (Lipinski definition) is 1. The van der Waals surface area contributed by atoms with Crippen LogP contribution in [0.3, 0.4) is 0 Å². The Bertz CT molecular complexity index is 1780. The summed E-state index contributed by atoms with van der Waals surface area (Å²) in [5, 5.41) is 8.85. The molecule has 1 aliphatic carbocycles. The van der Waals surface area contributed by atoms with Crippen LogP contribution in [0.2, 0.25) is 0 Å². The van der Waals surface area contributed by atoms with Gasteiger partial charge in [-0.15, -0.1) is 0 Å². The van der Waals surface area contributed by atoms with Gasteiger partial charge in [0.2, 0.25) is 0 Å². The minimum atomic E-state index is -0.0105. The average Bonchev–Trinajstić information content (AvgIpc) is 3.14. The van der Waals surface area contributed by atoms with Crippen LogP contribution in [0.4, 0.5) is 11.4 Å². The van der Waals surface area contributed by atoms with E-state index in [0.29, 0.717) is 0 Å². The van der Waals surface area contributed by atoms with E-state index in [0.717, 1.165) is 5.69 Å². The smallest absolute Gasteiger partial charge is 0.0543 e. The molecule has 0 aliphatic heterocycles. The number of rotatable bonds is 3. The summed E-state index contributed by atoms with van der Waals surface area (Å²) >= 11 is 0. The number of fused-ring (bicyclic) bond motifs is 5.